The van der Waals surface area contributed by atoms with Gasteiger partial charge in [0, 0.05) is 15.5 Å². The number of phenolic OH excluding ortho intramolecular Hbond substituents is 1. The number of thiophene rings is 1. The number of hydrogen-bond donors (Lipinski definition) is 1. The third kappa shape index (κ3) is 3.09. The number of halogens is 1. The molecule has 0 fully saturated rings. The van der Waals surface area contributed by atoms with Gasteiger partial charge in [-0.1, -0.05) is 6.07 Å². The number of carbonyl (C=O) groups excluding carboxylic acids is 1. The first-order valence-corrected chi connectivity index (χ1v) is 7.75. The normalized spacial score (nSPS) is 12.2. The van der Waals surface area contributed by atoms with Crippen LogP contribution in [0.1, 0.15) is 28.2 Å². The van der Waals surface area contributed by atoms with Crippen LogP contribution in [0.4, 0.5) is 0 Å². The summed E-state index contributed by atoms with van der Waals surface area (Å²) in [6.07, 6.45) is 0. The molecule has 1 unspecified atom stereocenters. The Morgan fingerprint density at radius 1 is 1.42 bits per heavy atom. The molecule has 0 spiro atoms. The van der Waals surface area contributed by atoms with Gasteiger partial charge in [0.15, 0.2) is 0 Å². The quantitative estimate of drug-likeness (QED) is 0.812. The summed E-state index contributed by atoms with van der Waals surface area (Å²) in [5.41, 5.74) is 0.345. The summed E-state index contributed by atoms with van der Waals surface area (Å²) in [5, 5.41) is 11.8. The molecule has 0 aliphatic heterocycles. The van der Waals surface area contributed by atoms with Crippen molar-refractivity contribution in [1.29, 1.82) is 0 Å². The van der Waals surface area contributed by atoms with Gasteiger partial charge in [0.2, 0.25) is 0 Å². The molecule has 2 aromatic rings. The van der Waals surface area contributed by atoms with Gasteiger partial charge in [-0.05, 0) is 59.2 Å². The van der Waals surface area contributed by atoms with Gasteiger partial charge in [0.25, 0.3) is 5.91 Å². The van der Waals surface area contributed by atoms with Crippen molar-refractivity contribution in [2.24, 2.45) is 0 Å². The molecular formula is C14H14INO2S. The molecule has 2 rings (SSSR count). The van der Waals surface area contributed by atoms with Crippen LogP contribution in [-0.4, -0.2) is 23.0 Å². The van der Waals surface area contributed by atoms with Crippen molar-refractivity contribution in [3.63, 3.8) is 0 Å². The van der Waals surface area contributed by atoms with E-state index in [1.165, 1.54) is 0 Å². The Balaban J connectivity index is 2.26. The van der Waals surface area contributed by atoms with Gasteiger partial charge in [-0.25, -0.2) is 0 Å². The van der Waals surface area contributed by atoms with E-state index in [9.17, 15) is 9.90 Å². The highest BCUT2D eigenvalue weighted by Gasteiger charge is 2.22. The predicted octanol–water partition coefficient (Wildman–Crippen LogP) is 3.89. The topological polar surface area (TPSA) is 40.5 Å². The largest absolute Gasteiger partial charge is 0.507 e. The van der Waals surface area contributed by atoms with E-state index in [2.05, 4.69) is 22.6 Å². The fraction of sp³-hybridized carbons (Fsp3) is 0.214. The summed E-state index contributed by atoms with van der Waals surface area (Å²) in [7, 11) is 1.76. The van der Waals surface area contributed by atoms with Crippen molar-refractivity contribution in [2.75, 3.05) is 7.05 Å². The highest BCUT2D eigenvalue weighted by atomic mass is 127. The van der Waals surface area contributed by atoms with E-state index in [0.717, 1.165) is 8.45 Å². The number of amides is 1. The number of aromatic hydroxyl groups is 1. The smallest absolute Gasteiger partial charge is 0.257 e. The van der Waals surface area contributed by atoms with E-state index >= 15 is 0 Å². The Hall–Kier alpha value is -1.08. The summed E-state index contributed by atoms with van der Waals surface area (Å²) < 4.78 is 0.927. The summed E-state index contributed by atoms with van der Waals surface area (Å²) in [4.78, 5) is 15.2. The predicted molar refractivity (Wildman–Crippen MR) is 85.7 cm³/mol. The molecule has 1 amide bonds. The monoisotopic (exact) mass is 387 g/mol. The maximum absolute atomic E-state index is 12.4. The molecule has 3 nitrogen and oxygen atoms in total. The van der Waals surface area contributed by atoms with Crippen LogP contribution in [0.15, 0.2) is 35.7 Å². The minimum absolute atomic E-state index is 0.00947. The molecule has 1 aromatic carbocycles. The molecule has 0 aliphatic carbocycles. The summed E-state index contributed by atoms with van der Waals surface area (Å²) in [6.45, 7) is 1.98. The molecule has 100 valence electrons. The van der Waals surface area contributed by atoms with E-state index < -0.39 is 0 Å². The molecular weight excluding hydrogens is 373 g/mol. The molecule has 0 saturated heterocycles. The number of benzene rings is 1. The Morgan fingerprint density at radius 3 is 2.79 bits per heavy atom. The van der Waals surface area contributed by atoms with E-state index in [1.54, 1.807) is 41.5 Å². The SMILES string of the molecule is CC(c1cccs1)N(C)C(=O)c1cc(I)ccc1O. The second-order valence-corrected chi connectivity index (χ2v) is 6.49. The van der Waals surface area contributed by atoms with Gasteiger partial charge in [-0.15, -0.1) is 11.3 Å². The summed E-state index contributed by atoms with van der Waals surface area (Å²) in [6, 6.07) is 9.00. The van der Waals surface area contributed by atoms with Crippen LogP contribution in [0.2, 0.25) is 0 Å². The highest BCUT2D eigenvalue weighted by molar-refractivity contribution is 14.1. The maximum Gasteiger partial charge on any atom is 0.257 e. The number of hydrogen-bond acceptors (Lipinski definition) is 3. The average Bonchev–Trinajstić information content (AvgIpc) is 2.93. The molecule has 1 atom stereocenters. The lowest BCUT2D eigenvalue weighted by molar-refractivity contribution is 0.0742. The lowest BCUT2D eigenvalue weighted by atomic mass is 10.1. The highest BCUT2D eigenvalue weighted by Crippen LogP contribution is 2.27. The van der Waals surface area contributed by atoms with Crippen LogP contribution in [0.25, 0.3) is 0 Å². The number of nitrogens with zero attached hydrogens (tertiary/aromatic N) is 1. The lowest BCUT2D eigenvalue weighted by Crippen LogP contribution is -2.29. The van der Waals surface area contributed by atoms with E-state index in [1.807, 2.05) is 24.4 Å². The van der Waals surface area contributed by atoms with Gasteiger partial charge in [0.05, 0.1) is 11.6 Å². The van der Waals surface area contributed by atoms with Crippen molar-refractivity contribution in [3.05, 3.63) is 49.7 Å². The minimum atomic E-state index is -0.170. The second kappa shape index (κ2) is 5.92. The standard InChI is InChI=1S/C14H14INO2S/c1-9(13-4-3-7-19-13)16(2)14(18)11-8-10(15)5-6-12(11)17/h3-9,17H,1-2H3. The molecule has 5 heteroatoms. The third-order valence-electron chi connectivity index (χ3n) is 3.05. The van der Waals surface area contributed by atoms with Crippen LogP contribution in [0, 0.1) is 3.57 Å². The molecule has 19 heavy (non-hydrogen) atoms. The number of carbonyl (C=O) groups is 1. The first-order valence-electron chi connectivity index (χ1n) is 5.79. The maximum atomic E-state index is 12.4. The van der Waals surface area contributed by atoms with Crippen molar-refractivity contribution < 1.29 is 9.90 Å². The Labute approximate surface area is 130 Å². The first kappa shape index (κ1) is 14.3. The zero-order chi connectivity index (χ0) is 14.0. The molecule has 1 N–H and O–H groups in total. The molecule has 1 aromatic heterocycles. The van der Waals surface area contributed by atoms with Gasteiger partial charge in [-0.2, -0.15) is 0 Å². The summed E-state index contributed by atoms with van der Waals surface area (Å²) >= 11 is 3.75. The molecule has 0 saturated carbocycles. The third-order valence-corrected chi connectivity index (χ3v) is 4.76. The first-order chi connectivity index (χ1) is 9.00. The van der Waals surface area contributed by atoms with Crippen molar-refractivity contribution in [1.82, 2.24) is 4.90 Å². The fourth-order valence-corrected chi connectivity index (χ4v) is 3.08. The Bertz CT molecular complexity index is 583. The van der Waals surface area contributed by atoms with E-state index in [0.29, 0.717) is 5.56 Å². The zero-order valence-electron chi connectivity index (χ0n) is 10.6. The van der Waals surface area contributed by atoms with Crippen molar-refractivity contribution in [3.8, 4) is 5.75 Å². The van der Waals surface area contributed by atoms with E-state index in [-0.39, 0.29) is 17.7 Å². The van der Waals surface area contributed by atoms with Crippen molar-refractivity contribution >= 4 is 39.8 Å². The zero-order valence-corrected chi connectivity index (χ0v) is 13.6. The van der Waals surface area contributed by atoms with E-state index in [4.69, 9.17) is 0 Å². The lowest BCUT2D eigenvalue weighted by Gasteiger charge is -2.24. The second-order valence-electron chi connectivity index (χ2n) is 4.27. The number of phenols is 1. The minimum Gasteiger partial charge on any atom is -0.507 e. The summed E-state index contributed by atoms with van der Waals surface area (Å²) in [5.74, 6) is -0.146. The van der Waals surface area contributed by atoms with Crippen molar-refractivity contribution in [2.45, 2.75) is 13.0 Å². The molecule has 0 bridgehead atoms. The van der Waals surface area contributed by atoms with Gasteiger partial charge >= 0.3 is 0 Å². The molecule has 1 heterocycles. The average molecular weight is 387 g/mol. The van der Waals surface area contributed by atoms with Crippen LogP contribution in [-0.2, 0) is 0 Å². The van der Waals surface area contributed by atoms with Crippen LogP contribution >= 0.6 is 33.9 Å². The van der Waals surface area contributed by atoms with Gasteiger partial charge in [-0.3, -0.25) is 4.79 Å². The fourth-order valence-electron chi connectivity index (χ4n) is 1.77. The van der Waals surface area contributed by atoms with Gasteiger partial charge < -0.3 is 10.0 Å². The Morgan fingerprint density at radius 2 is 2.16 bits per heavy atom. The molecule has 0 aliphatic rings. The van der Waals surface area contributed by atoms with Crippen LogP contribution < -0.4 is 0 Å². The number of rotatable bonds is 3. The van der Waals surface area contributed by atoms with Gasteiger partial charge in [0.1, 0.15) is 5.75 Å². The van der Waals surface area contributed by atoms with Crippen LogP contribution in [0.3, 0.4) is 0 Å². The van der Waals surface area contributed by atoms with Crippen LogP contribution in [0.5, 0.6) is 5.75 Å². The molecule has 0 radical (unpaired) electrons. The Kier molecular flexibility index (Phi) is 4.46.